The summed E-state index contributed by atoms with van der Waals surface area (Å²) in [7, 11) is -4.19. The van der Waals surface area contributed by atoms with Crippen molar-refractivity contribution >= 4 is 42.2 Å². The van der Waals surface area contributed by atoms with E-state index in [1.165, 1.54) is 29.6 Å². The predicted octanol–water partition coefficient (Wildman–Crippen LogP) is 3.90. The number of fused-ring (bicyclic) bond motifs is 1. The minimum atomic E-state index is -4.19. The lowest BCUT2D eigenvalue weighted by Crippen LogP contribution is -2.36. The first-order valence-corrected chi connectivity index (χ1v) is 16.0. The molecule has 1 aromatic heterocycles. The van der Waals surface area contributed by atoms with Crippen LogP contribution < -0.4 is 21.0 Å². The molecule has 3 aromatic rings. The fourth-order valence-electron chi connectivity index (χ4n) is 4.39. The van der Waals surface area contributed by atoms with Crippen molar-refractivity contribution in [2.24, 2.45) is 5.92 Å². The van der Waals surface area contributed by atoms with Crippen molar-refractivity contribution in [1.29, 1.82) is 0 Å². The average Bonchev–Trinajstić information content (AvgIpc) is 3.32. The second kappa shape index (κ2) is 13.8. The van der Waals surface area contributed by atoms with Crippen molar-refractivity contribution in [2.45, 2.75) is 62.8 Å². The van der Waals surface area contributed by atoms with Crippen LogP contribution in [0.25, 0.3) is 10.8 Å². The summed E-state index contributed by atoms with van der Waals surface area (Å²) in [5.41, 5.74) is 4.90. The Morgan fingerprint density at radius 2 is 1.98 bits per heavy atom. The van der Waals surface area contributed by atoms with E-state index in [0.29, 0.717) is 11.1 Å². The number of esters is 1. The first-order valence-electron chi connectivity index (χ1n) is 13.5. The average molecular weight is 606 g/mol. The summed E-state index contributed by atoms with van der Waals surface area (Å²) in [5, 5.41) is 14.0. The predicted molar refractivity (Wildman–Crippen MR) is 158 cm³/mol. The number of nitrogens with zero attached hydrogens (tertiary/aromatic N) is 3. The number of carbonyl (C=O) groups is 1. The van der Waals surface area contributed by atoms with E-state index in [4.69, 9.17) is 19.5 Å². The lowest BCUT2D eigenvalue weighted by molar-refractivity contribution is -0.146. The van der Waals surface area contributed by atoms with E-state index in [-0.39, 0.29) is 31.5 Å². The highest BCUT2D eigenvalue weighted by Gasteiger charge is 2.39. The molecule has 4 N–H and O–H groups in total. The zero-order chi connectivity index (χ0) is 29.6. The highest BCUT2D eigenvalue weighted by atomic mass is 32.2. The second-order valence-corrected chi connectivity index (χ2v) is 13.0. The van der Waals surface area contributed by atoms with Gasteiger partial charge in [0.05, 0.1) is 29.9 Å². The van der Waals surface area contributed by atoms with Gasteiger partial charge in [0.2, 0.25) is 5.95 Å². The maximum absolute atomic E-state index is 14.2. The molecule has 1 saturated heterocycles. The normalized spacial score (nSPS) is 21.0. The standard InChI is InChI=1S/C27H36N5O7PS/c1-4-18(5-2)14-37-25(34)17(3)31-40(36,39-22-12-8-10-19-9-6-7-11-20(19)22)38-15-23-21(33)13-24(41-23)32-16-29-26(28)30-27(32)35/h6-12,16-18,21,23-24,33H,4-5,13-15H2,1-3H3,(H,31,36)(H2,28,30,35)/t17-,21-,23+,24+,40?/m0/s1. The van der Waals surface area contributed by atoms with Crippen LogP contribution in [0.15, 0.2) is 53.6 Å². The fourth-order valence-corrected chi connectivity index (χ4v) is 7.46. The number of aromatic nitrogens is 3. The number of rotatable bonds is 13. The van der Waals surface area contributed by atoms with Gasteiger partial charge in [-0.05, 0) is 24.3 Å². The Morgan fingerprint density at radius 1 is 1.24 bits per heavy atom. The molecule has 2 aromatic carbocycles. The Bertz CT molecular complexity index is 1450. The lowest BCUT2D eigenvalue weighted by Gasteiger charge is -2.25. The van der Waals surface area contributed by atoms with Crippen LogP contribution in [0.1, 0.15) is 45.4 Å². The van der Waals surface area contributed by atoms with E-state index in [2.05, 4.69) is 15.1 Å². The summed E-state index contributed by atoms with van der Waals surface area (Å²) in [6, 6.07) is 11.8. The van der Waals surface area contributed by atoms with Crippen molar-refractivity contribution < 1.29 is 28.3 Å². The van der Waals surface area contributed by atoms with Crippen molar-refractivity contribution in [1.82, 2.24) is 19.6 Å². The SMILES string of the molecule is CCC(CC)COC(=O)[C@H](C)NP(=O)(OC[C@H]1S[C@@H](n2cnc(N)nc2=O)C[C@@H]1O)Oc1cccc2ccccc12. The molecule has 1 fully saturated rings. The number of nitrogens with one attached hydrogen (secondary N) is 1. The summed E-state index contributed by atoms with van der Waals surface area (Å²) in [5.74, 6) is -0.186. The summed E-state index contributed by atoms with van der Waals surface area (Å²) in [6.45, 7) is 5.65. The molecule has 0 aliphatic carbocycles. The van der Waals surface area contributed by atoms with Crippen LogP contribution in [-0.2, 0) is 18.6 Å². The zero-order valence-electron chi connectivity index (χ0n) is 23.2. The van der Waals surface area contributed by atoms with Crippen LogP contribution in [0.3, 0.4) is 0 Å². The Hall–Kier alpha value is -2.96. The lowest BCUT2D eigenvalue weighted by atomic mass is 10.1. The topological polar surface area (TPSA) is 168 Å². The molecule has 2 heterocycles. The largest absolute Gasteiger partial charge is 0.464 e. The molecular weight excluding hydrogens is 569 g/mol. The Morgan fingerprint density at radius 3 is 2.71 bits per heavy atom. The third-order valence-electron chi connectivity index (χ3n) is 6.96. The summed E-state index contributed by atoms with van der Waals surface area (Å²) in [6.07, 6.45) is 2.35. The van der Waals surface area contributed by atoms with Gasteiger partial charge >= 0.3 is 19.4 Å². The smallest absolute Gasteiger partial charge is 0.459 e. The van der Waals surface area contributed by atoms with Crippen molar-refractivity contribution in [2.75, 3.05) is 18.9 Å². The molecule has 14 heteroatoms. The quantitative estimate of drug-likeness (QED) is 0.190. The van der Waals surface area contributed by atoms with Gasteiger partial charge in [0.15, 0.2) is 0 Å². The molecule has 0 amide bonds. The van der Waals surface area contributed by atoms with Gasteiger partial charge in [-0.25, -0.2) is 14.3 Å². The minimum absolute atomic E-state index is 0.139. The molecular formula is C27H36N5O7PS. The molecule has 0 saturated carbocycles. The van der Waals surface area contributed by atoms with Crippen LogP contribution in [-0.4, -0.2) is 56.2 Å². The fraction of sp³-hybridized carbons (Fsp3) is 0.481. The van der Waals surface area contributed by atoms with E-state index in [1.807, 2.05) is 44.2 Å². The van der Waals surface area contributed by atoms with Gasteiger partial charge in [-0.15, -0.1) is 11.8 Å². The van der Waals surface area contributed by atoms with E-state index >= 15 is 0 Å². The number of hydrogen-bond acceptors (Lipinski definition) is 11. The van der Waals surface area contributed by atoms with Crippen LogP contribution in [0.4, 0.5) is 5.95 Å². The molecule has 5 atom stereocenters. The number of benzene rings is 2. The zero-order valence-corrected chi connectivity index (χ0v) is 24.9. The van der Waals surface area contributed by atoms with Gasteiger partial charge in [0.25, 0.3) is 0 Å². The first kappa shape index (κ1) is 31.0. The maximum atomic E-state index is 14.2. The van der Waals surface area contributed by atoms with Gasteiger partial charge in [0.1, 0.15) is 18.1 Å². The molecule has 1 unspecified atom stereocenters. The van der Waals surface area contributed by atoms with Gasteiger partial charge in [-0.1, -0.05) is 63.1 Å². The number of hydrogen-bond donors (Lipinski definition) is 3. The Kier molecular flexibility index (Phi) is 10.4. The number of aliphatic hydroxyl groups is 1. The molecule has 0 bridgehead atoms. The van der Waals surface area contributed by atoms with Gasteiger partial charge in [-0.2, -0.15) is 10.1 Å². The highest BCUT2D eigenvalue weighted by molar-refractivity contribution is 8.00. The summed E-state index contributed by atoms with van der Waals surface area (Å²) >= 11 is 1.25. The van der Waals surface area contributed by atoms with Gasteiger partial charge in [0, 0.05) is 11.8 Å². The molecule has 4 rings (SSSR count). The number of nitrogens with two attached hydrogens (primary N) is 1. The first-order chi connectivity index (χ1) is 19.6. The number of nitrogen functional groups attached to an aromatic ring is 1. The van der Waals surface area contributed by atoms with Crippen molar-refractivity contribution in [3.05, 3.63) is 59.3 Å². The number of aliphatic hydroxyl groups excluding tert-OH is 1. The Labute approximate surface area is 242 Å². The molecule has 1 aliphatic heterocycles. The van der Waals surface area contributed by atoms with Crippen LogP contribution in [0.5, 0.6) is 5.75 Å². The minimum Gasteiger partial charge on any atom is -0.464 e. The molecule has 0 spiro atoms. The molecule has 1 aliphatic rings. The molecule has 12 nitrogen and oxygen atoms in total. The number of ether oxygens (including phenoxy) is 1. The van der Waals surface area contributed by atoms with Crippen LogP contribution in [0, 0.1) is 5.92 Å². The van der Waals surface area contributed by atoms with E-state index in [0.717, 1.165) is 18.2 Å². The monoisotopic (exact) mass is 605 g/mol. The van der Waals surface area contributed by atoms with Gasteiger partial charge < -0.3 is 20.1 Å². The number of carbonyl (C=O) groups excluding carboxylic acids is 1. The third kappa shape index (κ3) is 7.87. The second-order valence-electron chi connectivity index (χ2n) is 9.86. The Balaban J connectivity index is 1.51. The summed E-state index contributed by atoms with van der Waals surface area (Å²) in [4.78, 5) is 32.6. The van der Waals surface area contributed by atoms with E-state index < -0.39 is 42.2 Å². The van der Waals surface area contributed by atoms with E-state index in [9.17, 15) is 19.3 Å². The summed E-state index contributed by atoms with van der Waals surface area (Å²) < 4.78 is 32.7. The molecule has 222 valence electrons. The molecule has 0 radical (unpaired) electrons. The van der Waals surface area contributed by atoms with Gasteiger partial charge in [-0.3, -0.25) is 13.9 Å². The molecule has 41 heavy (non-hydrogen) atoms. The van der Waals surface area contributed by atoms with Crippen molar-refractivity contribution in [3.63, 3.8) is 0 Å². The van der Waals surface area contributed by atoms with Crippen LogP contribution in [0.2, 0.25) is 0 Å². The highest BCUT2D eigenvalue weighted by Crippen LogP contribution is 2.49. The third-order valence-corrected chi connectivity index (χ3v) is 10.1. The van der Waals surface area contributed by atoms with Crippen LogP contribution >= 0.6 is 19.5 Å². The number of thioether (sulfide) groups is 1. The number of anilines is 1. The van der Waals surface area contributed by atoms with Crippen molar-refractivity contribution in [3.8, 4) is 5.75 Å². The van der Waals surface area contributed by atoms with E-state index in [1.54, 1.807) is 12.1 Å². The maximum Gasteiger partial charge on any atom is 0.459 e.